The first-order valence-electron chi connectivity index (χ1n) is 8.39. The maximum absolute atomic E-state index is 9.97. The van der Waals surface area contributed by atoms with Gasteiger partial charge in [-0.3, -0.25) is 24.0 Å². The molecule has 0 aliphatic carbocycles. The number of rotatable bonds is 5. The van der Waals surface area contributed by atoms with Crippen molar-refractivity contribution in [1.82, 2.24) is 0 Å². The van der Waals surface area contributed by atoms with Crippen LogP contribution < -0.4 is 0 Å². The van der Waals surface area contributed by atoms with Crippen molar-refractivity contribution in [3.05, 3.63) is 0 Å². The summed E-state index contributed by atoms with van der Waals surface area (Å²) in [7, 11) is 0. The third-order valence-electron chi connectivity index (χ3n) is 1.51. The van der Waals surface area contributed by atoms with E-state index in [1.165, 1.54) is 6.92 Å². The van der Waals surface area contributed by atoms with Crippen molar-refractivity contribution >= 4 is 29.8 Å². The predicted octanol–water partition coefficient (Wildman–Crippen LogP) is 3.29. The monoisotopic (exact) mass is 400 g/mol. The molecule has 0 aliphatic heterocycles. The van der Waals surface area contributed by atoms with Crippen LogP contribution in [-0.4, -0.2) is 55.4 Å². The van der Waals surface area contributed by atoms with E-state index in [9.17, 15) is 19.2 Å². The van der Waals surface area contributed by atoms with E-state index in [0.29, 0.717) is 0 Å². The second-order valence-electron chi connectivity index (χ2n) is 3.85. The van der Waals surface area contributed by atoms with Crippen LogP contribution in [0.25, 0.3) is 0 Å². The maximum Gasteiger partial charge on any atom is 0.306 e. The van der Waals surface area contributed by atoms with Gasteiger partial charge in [0.25, 0.3) is 5.97 Å². The number of carboxylic acid groups (broad SMARTS) is 5. The minimum absolute atomic E-state index is 0.222. The molecule has 1 atom stereocenters. The molecule has 0 aliphatic rings. The number of carboxylic acids is 5. The van der Waals surface area contributed by atoms with Gasteiger partial charge in [0.15, 0.2) is 0 Å². The second-order valence-corrected chi connectivity index (χ2v) is 3.85. The van der Waals surface area contributed by atoms with Crippen LogP contribution >= 0.6 is 0 Å². The highest BCUT2D eigenvalue weighted by molar-refractivity contribution is 5.77. The molecular formula is C17H36O10. The van der Waals surface area contributed by atoms with Gasteiger partial charge in [0.05, 0.1) is 12.3 Å². The molecule has 0 radical (unpaired) electrons. The predicted molar refractivity (Wildman–Crippen MR) is 101 cm³/mol. The van der Waals surface area contributed by atoms with Gasteiger partial charge in [-0.05, 0) is 0 Å². The summed E-state index contributed by atoms with van der Waals surface area (Å²) in [6.45, 7) is 13.6. The minimum Gasteiger partial charge on any atom is -0.481 e. The molecule has 0 rings (SSSR count). The van der Waals surface area contributed by atoms with Crippen molar-refractivity contribution in [2.75, 3.05) is 0 Å². The molecule has 0 saturated heterocycles. The molecule has 0 aromatic rings. The summed E-state index contributed by atoms with van der Waals surface area (Å²) in [6, 6.07) is 0. The maximum atomic E-state index is 9.97. The van der Waals surface area contributed by atoms with Crippen molar-refractivity contribution in [1.29, 1.82) is 0 Å². The van der Waals surface area contributed by atoms with Crippen LogP contribution in [0.2, 0.25) is 0 Å². The molecule has 0 saturated carbocycles. The van der Waals surface area contributed by atoms with Gasteiger partial charge in [0.2, 0.25) is 0 Å². The Morgan fingerprint density at radius 1 is 0.667 bits per heavy atom. The Morgan fingerprint density at radius 3 is 0.889 bits per heavy atom. The average Bonchev–Trinajstić information content (AvgIpc) is 2.58. The Hall–Kier alpha value is -2.65. The highest BCUT2D eigenvalue weighted by atomic mass is 16.4. The van der Waals surface area contributed by atoms with E-state index in [2.05, 4.69) is 0 Å². The summed E-state index contributed by atoms with van der Waals surface area (Å²) in [6.07, 6.45) is 0.134. The van der Waals surface area contributed by atoms with Gasteiger partial charge in [-0.2, -0.15) is 0 Å². The summed E-state index contributed by atoms with van der Waals surface area (Å²) in [4.78, 5) is 47.6. The molecule has 0 aromatic carbocycles. The van der Waals surface area contributed by atoms with Crippen LogP contribution in [0, 0.1) is 5.92 Å². The van der Waals surface area contributed by atoms with E-state index >= 15 is 0 Å². The Balaban J connectivity index is -0.0000000535. The standard InChI is InChI=1S/C5H8O4.2C3H6O2.C2H4O2.2C2H6/c1-3(5(8)9)2-4(6)7;2*1-2-3(4)5;1-2(3)4;2*1-2/h3H,2H2,1H3,(H,6,7)(H,8,9);2*2H2,1H3,(H,4,5);1H3,(H,3,4);2*1-2H3. The normalized spacial score (nSPS) is 8.30. The zero-order valence-electron chi connectivity index (χ0n) is 17.5. The van der Waals surface area contributed by atoms with E-state index in [-0.39, 0.29) is 19.3 Å². The van der Waals surface area contributed by atoms with Gasteiger partial charge in [0, 0.05) is 19.8 Å². The molecule has 10 heteroatoms. The van der Waals surface area contributed by atoms with Crippen molar-refractivity contribution in [2.24, 2.45) is 5.92 Å². The van der Waals surface area contributed by atoms with E-state index in [4.69, 9.17) is 30.3 Å². The Morgan fingerprint density at radius 2 is 0.852 bits per heavy atom. The van der Waals surface area contributed by atoms with E-state index in [0.717, 1.165) is 6.92 Å². The quantitative estimate of drug-likeness (QED) is 0.458. The van der Waals surface area contributed by atoms with E-state index in [1.54, 1.807) is 13.8 Å². The molecule has 1 unspecified atom stereocenters. The second kappa shape index (κ2) is 34.6. The lowest BCUT2D eigenvalue weighted by atomic mass is 10.1. The first kappa shape index (κ1) is 39.4. The SMILES string of the molecule is CC.CC.CC(=O)O.CC(CC(=O)O)C(=O)O.CCC(=O)O.CCC(=O)O. The van der Waals surface area contributed by atoms with Gasteiger partial charge in [-0.1, -0.05) is 48.5 Å². The number of aliphatic carboxylic acids is 5. The smallest absolute Gasteiger partial charge is 0.306 e. The topological polar surface area (TPSA) is 186 Å². The molecule has 164 valence electrons. The minimum atomic E-state index is -1.08. The van der Waals surface area contributed by atoms with E-state index in [1.807, 2.05) is 27.7 Å². The molecule has 0 spiro atoms. The number of hydrogen-bond donors (Lipinski definition) is 5. The molecule has 0 amide bonds. The van der Waals surface area contributed by atoms with Gasteiger partial charge in [0.1, 0.15) is 0 Å². The Bertz CT molecular complexity index is 360. The largest absolute Gasteiger partial charge is 0.481 e. The van der Waals surface area contributed by atoms with Crippen molar-refractivity contribution in [3.8, 4) is 0 Å². The van der Waals surface area contributed by atoms with Gasteiger partial charge < -0.3 is 25.5 Å². The highest BCUT2D eigenvalue weighted by Gasteiger charge is 2.13. The average molecular weight is 400 g/mol. The number of hydrogen-bond acceptors (Lipinski definition) is 5. The molecule has 0 aromatic heterocycles. The van der Waals surface area contributed by atoms with Crippen LogP contribution in [0.4, 0.5) is 0 Å². The highest BCUT2D eigenvalue weighted by Crippen LogP contribution is 1.99. The summed E-state index contributed by atoms with van der Waals surface area (Å²) >= 11 is 0. The van der Waals surface area contributed by atoms with Crippen LogP contribution in [-0.2, 0) is 24.0 Å². The number of carbonyl (C=O) groups is 5. The van der Waals surface area contributed by atoms with Crippen LogP contribution in [0.3, 0.4) is 0 Å². The fourth-order valence-corrected chi connectivity index (χ4v) is 0.349. The van der Waals surface area contributed by atoms with Crippen LogP contribution in [0.15, 0.2) is 0 Å². The molecule has 5 N–H and O–H groups in total. The summed E-state index contributed by atoms with van der Waals surface area (Å²) in [5.74, 6) is -5.26. The lowest BCUT2D eigenvalue weighted by Crippen LogP contribution is -2.13. The van der Waals surface area contributed by atoms with Gasteiger partial charge >= 0.3 is 23.9 Å². The van der Waals surface area contributed by atoms with Crippen LogP contribution in [0.1, 0.15) is 74.7 Å². The molecule has 0 fully saturated rings. The van der Waals surface area contributed by atoms with Crippen molar-refractivity contribution in [2.45, 2.75) is 74.7 Å². The molecule has 27 heavy (non-hydrogen) atoms. The van der Waals surface area contributed by atoms with E-state index < -0.39 is 35.8 Å². The third-order valence-corrected chi connectivity index (χ3v) is 1.51. The van der Waals surface area contributed by atoms with Crippen molar-refractivity contribution in [3.63, 3.8) is 0 Å². The Kier molecular flexibility index (Phi) is 50.6. The Labute approximate surface area is 160 Å². The summed E-state index contributed by atoms with van der Waals surface area (Å²) < 4.78 is 0. The fraction of sp³-hybridized carbons (Fsp3) is 0.706. The molecular weight excluding hydrogens is 364 g/mol. The molecule has 0 heterocycles. The third kappa shape index (κ3) is 122. The zero-order valence-corrected chi connectivity index (χ0v) is 17.5. The molecule has 10 nitrogen and oxygen atoms in total. The van der Waals surface area contributed by atoms with Gasteiger partial charge in [-0.25, -0.2) is 0 Å². The summed E-state index contributed by atoms with van der Waals surface area (Å²) in [5, 5.41) is 39.1. The first-order chi connectivity index (χ1) is 12.3. The lowest BCUT2D eigenvalue weighted by Gasteiger charge is -1.98. The molecule has 0 bridgehead atoms. The van der Waals surface area contributed by atoms with Crippen LogP contribution in [0.5, 0.6) is 0 Å². The fourth-order valence-electron chi connectivity index (χ4n) is 0.349. The first-order valence-corrected chi connectivity index (χ1v) is 8.39. The van der Waals surface area contributed by atoms with Crippen molar-refractivity contribution < 1.29 is 49.5 Å². The van der Waals surface area contributed by atoms with Gasteiger partial charge in [-0.15, -0.1) is 0 Å². The lowest BCUT2D eigenvalue weighted by molar-refractivity contribution is -0.147. The zero-order chi connectivity index (χ0) is 23.6. The summed E-state index contributed by atoms with van der Waals surface area (Å²) in [5.41, 5.74) is 0.